The molecular weight excluding hydrogens is 260 g/mol. The van der Waals surface area contributed by atoms with Gasteiger partial charge in [-0.15, -0.1) is 10.2 Å². The van der Waals surface area contributed by atoms with Crippen molar-refractivity contribution in [2.75, 3.05) is 20.1 Å². The van der Waals surface area contributed by atoms with Crippen LogP contribution in [0.2, 0.25) is 5.02 Å². The minimum Gasteiger partial charge on any atom is -0.306 e. The summed E-state index contributed by atoms with van der Waals surface area (Å²) < 4.78 is 2.02. The molecule has 1 aliphatic rings. The van der Waals surface area contributed by atoms with Gasteiger partial charge in [0.15, 0.2) is 0 Å². The molecule has 1 atom stereocenters. The Morgan fingerprint density at radius 3 is 2.95 bits per heavy atom. The van der Waals surface area contributed by atoms with Crippen LogP contribution in [-0.4, -0.2) is 39.8 Å². The van der Waals surface area contributed by atoms with E-state index < -0.39 is 0 Å². The lowest BCUT2D eigenvalue weighted by Crippen LogP contribution is -2.32. The van der Waals surface area contributed by atoms with Gasteiger partial charge in [0.1, 0.15) is 12.2 Å². The molecule has 1 aliphatic heterocycles. The van der Waals surface area contributed by atoms with Crippen molar-refractivity contribution < 1.29 is 0 Å². The molecule has 2 heterocycles. The first kappa shape index (κ1) is 12.6. The first-order valence-electron chi connectivity index (χ1n) is 6.59. The topological polar surface area (TPSA) is 34.0 Å². The van der Waals surface area contributed by atoms with E-state index in [1.807, 2.05) is 28.8 Å². The van der Waals surface area contributed by atoms with Gasteiger partial charge in [0, 0.05) is 12.5 Å². The number of nitrogens with zero attached hydrogens (tertiary/aromatic N) is 4. The zero-order valence-electron chi connectivity index (χ0n) is 11.0. The van der Waals surface area contributed by atoms with Gasteiger partial charge in [-0.2, -0.15) is 0 Å². The molecule has 5 heteroatoms. The number of hydrogen-bond donors (Lipinski definition) is 0. The van der Waals surface area contributed by atoms with E-state index in [9.17, 15) is 0 Å². The highest BCUT2D eigenvalue weighted by Crippen LogP contribution is 2.28. The van der Waals surface area contributed by atoms with Crippen molar-refractivity contribution >= 4 is 11.6 Å². The van der Waals surface area contributed by atoms with Crippen LogP contribution in [0, 0.1) is 0 Å². The summed E-state index contributed by atoms with van der Waals surface area (Å²) in [5, 5.41) is 9.12. The smallest absolute Gasteiger partial charge is 0.141 e. The minimum atomic E-state index is 0.428. The fourth-order valence-corrected chi connectivity index (χ4v) is 2.96. The SMILES string of the molecule is CN1CCCC(c2nncn2-c2ccccc2Cl)C1. The summed E-state index contributed by atoms with van der Waals surface area (Å²) in [7, 11) is 2.16. The third-order valence-corrected chi connectivity index (χ3v) is 4.00. The van der Waals surface area contributed by atoms with Crippen LogP contribution in [0.4, 0.5) is 0 Å². The Kier molecular flexibility index (Phi) is 3.53. The molecule has 1 aromatic heterocycles. The summed E-state index contributed by atoms with van der Waals surface area (Å²) in [6.45, 7) is 2.19. The Morgan fingerprint density at radius 2 is 2.16 bits per heavy atom. The summed E-state index contributed by atoms with van der Waals surface area (Å²) in [5.41, 5.74) is 0.956. The predicted molar refractivity (Wildman–Crippen MR) is 75.8 cm³/mol. The van der Waals surface area contributed by atoms with Gasteiger partial charge in [0.25, 0.3) is 0 Å². The van der Waals surface area contributed by atoms with E-state index in [0.29, 0.717) is 5.92 Å². The molecular formula is C14H17ClN4. The van der Waals surface area contributed by atoms with Gasteiger partial charge in [0.05, 0.1) is 10.7 Å². The summed E-state index contributed by atoms with van der Waals surface area (Å²) in [6, 6.07) is 7.82. The van der Waals surface area contributed by atoms with Crippen LogP contribution in [0.15, 0.2) is 30.6 Å². The van der Waals surface area contributed by atoms with Crippen molar-refractivity contribution in [1.29, 1.82) is 0 Å². The highest BCUT2D eigenvalue weighted by molar-refractivity contribution is 6.32. The van der Waals surface area contributed by atoms with Crippen LogP contribution in [0.1, 0.15) is 24.6 Å². The largest absolute Gasteiger partial charge is 0.306 e. The van der Waals surface area contributed by atoms with E-state index in [1.165, 1.54) is 6.42 Å². The molecule has 1 aromatic carbocycles. The molecule has 3 rings (SSSR count). The average Bonchev–Trinajstić information content (AvgIpc) is 2.88. The van der Waals surface area contributed by atoms with E-state index in [1.54, 1.807) is 6.33 Å². The number of aromatic nitrogens is 3. The number of hydrogen-bond acceptors (Lipinski definition) is 3. The van der Waals surface area contributed by atoms with Crippen LogP contribution >= 0.6 is 11.6 Å². The van der Waals surface area contributed by atoms with Gasteiger partial charge in [-0.05, 0) is 38.6 Å². The van der Waals surface area contributed by atoms with E-state index in [4.69, 9.17) is 11.6 Å². The number of benzene rings is 1. The van der Waals surface area contributed by atoms with Crippen molar-refractivity contribution in [1.82, 2.24) is 19.7 Å². The number of halogens is 1. The Balaban J connectivity index is 1.96. The maximum Gasteiger partial charge on any atom is 0.141 e. The van der Waals surface area contributed by atoms with Gasteiger partial charge in [0.2, 0.25) is 0 Å². The second-order valence-corrected chi connectivity index (χ2v) is 5.52. The average molecular weight is 277 g/mol. The monoisotopic (exact) mass is 276 g/mol. The zero-order valence-corrected chi connectivity index (χ0v) is 11.7. The summed E-state index contributed by atoms with van der Waals surface area (Å²) in [5.74, 6) is 1.44. The maximum absolute atomic E-state index is 6.27. The second kappa shape index (κ2) is 5.31. The molecule has 0 N–H and O–H groups in total. The van der Waals surface area contributed by atoms with E-state index in [-0.39, 0.29) is 0 Å². The minimum absolute atomic E-state index is 0.428. The summed E-state index contributed by atoms with van der Waals surface area (Å²) >= 11 is 6.27. The lowest BCUT2D eigenvalue weighted by Gasteiger charge is -2.29. The molecule has 1 fully saturated rings. The van der Waals surface area contributed by atoms with Crippen LogP contribution < -0.4 is 0 Å². The number of likely N-dealkylation sites (tertiary alicyclic amines) is 1. The molecule has 0 spiro atoms. The van der Waals surface area contributed by atoms with Gasteiger partial charge >= 0.3 is 0 Å². The van der Waals surface area contributed by atoms with Crippen LogP contribution in [0.3, 0.4) is 0 Å². The van der Waals surface area contributed by atoms with Gasteiger partial charge in [-0.3, -0.25) is 4.57 Å². The molecule has 0 amide bonds. The van der Waals surface area contributed by atoms with Crippen LogP contribution in [0.25, 0.3) is 5.69 Å². The fourth-order valence-electron chi connectivity index (χ4n) is 2.73. The lowest BCUT2D eigenvalue weighted by molar-refractivity contribution is 0.244. The first-order valence-corrected chi connectivity index (χ1v) is 6.97. The molecule has 0 bridgehead atoms. The molecule has 1 saturated heterocycles. The Hall–Kier alpha value is -1.39. The van der Waals surface area contributed by atoms with Gasteiger partial charge in [-0.1, -0.05) is 23.7 Å². The summed E-state index contributed by atoms with van der Waals surface area (Å²) in [6.07, 6.45) is 4.12. The first-order chi connectivity index (χ1) is 9.25. The van der Waals surface area contributed by atoms with Gasteiger partial charge < -0.3 is 4.90 Å². The molecule has 1 unspecified atom stereocenters. The molecule has 4 nitrogen and oxygen atoms in total. The standard InChI is InChI=1S/C14H17ClN4/c1-18-8-4-5-11(9-18)14-17-16-10-19(14)13-7-3-2-6-12(13)15/h2-3,6-7,10-11H,4-5,8-9H2,1H3. The predicted octanol–water partition coefficient (Wildman–Crippen LogP) is 2.73. The van der Waals surface area contributed by atoms with Gasteiger partial charge in [-0.25, -0.2) is 0 Å². The Morgan fingerprint density at radius 1 is 1.32 bits per heavy atom. The third kappa shape index (κ3) is 2.51. The normalized spacial score (nSPS) is 20.6. The number of para-hydroxylation sites is 1. The molecule has 0 aliphatic carbocycles. The van der Waals surface area contributed by atoms with Crippen LogP contribution in [0.5, 0.6) is 0 Å². The van der Waals surface area contributed by atoms with E-state index in [2.05, 4.69) is 22.1 Å². The van der Waals surface area contributed by atoms with Crippen molar-refractivity contribution in [3.63, 3.8) is 0 Å². The van der Waals surface area contributed by atoms with Crippen molar-refractivity contribution in [2.45, 2.75) is 18.8 Å². The molecule has 0 saturated carbocycles. The van der Waals surface area contributed by atoms with E-state index >= 15 is 0 Å². The molecule has 19 heavy (non-hydrogen) atoms. The molecule has 0 radical (unpaired) electrons. The Labute approximate surface area is 118 Å². The molecule has 100 valence electrons. The second-order valence-electron chi connectivity index (χ2n) is 5.11. The summed E-state index contributed by atoms with van der Waals surface area (Å²) in [4.78, 5) is 2.35. The highest BCUT2D eigenvalue weighted by atomic mass is 35.5. The molecule has 2 aromatic rings. The third-order valence-electron chi connectivity index (χ3n) is 3.68. The van der Waals surface area contributed by atoms with Crippen molar-refractivity contribution in [3.05, 3.63) is 41.4 Å². The number of rotatable bonds is 2. The maximum atomic E-state index is 6.27. The lowest BCUT2D eigenvalue weighted by atomic mass is 9.97. The quantitative estimate of drug-likeness (QED) is 0.846. The fraction of sp³-hybridized carbons (Fsp3) is 0.429. The van der Waals surface area contributed by atoms with Crippen LogP contribution in [-0.2, 0) is 0 Å². The Bertz CT molecular complexity index is 566. The van der Waals surface area contributed by atoms with Crippen molar-refractivity contribution in [3.8, 4) is 5.69 Å². The number of piperidine rings is 1. The zero-order chi connectivity index (χ0) is 13.2. The van der Waals surface area contributed by atoms with Crippen molar-refractivity contribution in [2.24, 2.45) is 0 Å². The number of likely N-dealkylation sites (N-methyl/N-ethyl adjacent to an activating group) is 1. The highest BCUT2D eigenvalue weighted by Gasteiger charge is 2.24. The van der Waals surface area contributed by atoms with E-state index in [0.717, 1.165) is 36.0 Å².